The molecule has 1 unspecified atom stereocenters. The molecule has 2 aromatic rings. The molecule has 2 nitrogen and oxygen atoms in total. The number of para-hydroxylation sites is 1. The van der Waals surface area contributed by atoms with Gasteiger partial charge < -0.3 is 10.1 Å². The van der Waals surface area contributed by atoms with Crippen LogP contribution in [0.3, 0.4) is 0 Å². The van der Waals surface area contributed by atoms with Crippen molar-refractivity contribution in [2.75, 3.05) is 13.2 Å². The molecule has 1 atom stereocenters. The van der Waals surface area contributed by atoms with Crippen molar-refractivity contribution >= 4 is 0 Å². The third-order valence-electron chi connectivity index (χ3n) is 4.85. The molecule has 0 saturated heterocycles. The van der Waals surface area contributed by atoms with Crippen molar-refractivity contribution in [1.29, 1.82) is 0 Å². The maximum absolute atomic E-state index is 6.09. The van der Waals surface area contributed by atoms with Crippen LogP contribution in [0.4, 0.5) is 0 Å². The van der Waals surface area contributed by atoms with Crippen LogP contribution in [0.2, 0.25) is 0 Å². The molecule has 0 saturated carbocycles. The summed E-state index contributed by atoms with van der Waals surface area (Å²) in [6.07, 6.45) is 8.81. The van der Waals surface area contributed by atoms with Crippen LogP contribution in [0.5, 0.6) is 5.75 Å². The van der Waals surface area contributed by atoms with Crippen LogP contribution in [0.1, 0.15) is 69.5 Å². The molecule has 0 bridgehead atoms. The van der Waals surface area contributed by atoms with Crippen molar-refractivity contribution in [2.24, 2.45) is 0 Å². The fourth-order valence-corrected chi connectivity index (χ4v) is 3.22. The Morgan fingerprint density at radius 1 is 0.846 bits per heavy atom. The van der Waals surface area contributed by atoms with E-state index in [4.69, 9.17) is 4.74 Å². The van der Waals surface area contributed by atoms with Crippen LogP contribution in [-0.2, 0) is 6.42 Å². The lowest BCUT2D eigenvalue weighted by Crippen LogP contribution is -2.22. The van der Waals surface area contributed by atoms with Gasteiger partial charge in [-0.05, 0) is 37.9 Å². The van der Waals surface area contributed by atoms with Crippen LogP contribution in [0.25, 0.3) is 0 Å². The largest absolute Gasteiger partial charge is 0.493 e. The standard InChI is InChI=1S/C24H35NO/c1-3-4-5-6-7-13-20-26-24-17-12-11-16-23(24)21(2)25-19-18-22-14-9-8-10-15-22/h8-12,14-17,21,25H,3-7,13,18-20H2,1-2H3. The van der Waals surface area contributed by atoms with Crippen molar-refractivity contribution in [3.8, 4) is 5.75 Å². The molecule has 26 heavy (non-hydrogen) atoms. The molecule has 0 aromatic heterocycles. The van der Waals surface area contributed by atoms with Crippen molar-refractivity contribution in [1.82, 2.24) is 5.32 Å². The SMILES string of the molecule is CCCCCCCCOc1ccccc1C(C)NCCc1ccccc1. The van der Waals surface area contributed by atoms with Gasteiger partial charge in [0.25, 0.3) is 0 Å². The van der Waals surface area contributed by atoms with E-state index in [0.717, 1.165) is 31.7 Å². The quantitative estimate of drug-likeness (QED) is 0.425. The number of ether oxygens (including phenoxy) is 1. The zero-order valence-corrected chi connectivity index (χ0v) is 16.5. The molecular formula is C24H35NO. The molecule has 0 spiro atoms. The lowest BCUT2D eigenvalue weighted by Gasteiger charge is -2.18. The van der Waals surface area contributed by atoms with Gasteiger partial charge in [0, 0.05) is 11.6 Å². The summed E-state index contributed by atoms with van der Waals surface area (Å²) in [5.41, 5.74) is 2.63. The van der Waals surface area contributed by atoms with Crippen LogP contribution in [0.15, 0.2) is 54.6 Å². The Labute approximate surface area is 160 Å². The maximum atomic E-state index is 6.09. The molecule has 2 heteroatoms. The van der Waals surface area contributed by atoms with E-state index in [1.54, 1.807) is 0 Å². The zero-order chi connectivity index (χ0) is 18.5. The Balaban J connectivity index is 1.74. The number of hydrogen-bond acceptors (Lipinski definition) is 2. The van der Waals surface area contributed by atoms with E-state index >= 15 is 0 Å². The van der Waals surface area contributed by atoms with E-state index in [0.29, 0.717) is 6.04 Å². The molecule has 2 aromatic carbocycles. The third kappa shape index (κ3) is 7.61. The van der Waals surface area contributed by atoms with E-state index in [-0.39, 0.29) is 0 Å². The first kappa shape index (κ1) is 20.5. The molecule has 0 heterocycles. The minimum absolute atomic E-state index is 0.291. The predicted molar refractivity (Wildman–Crippen MR) is 112 cm³/mol. The van der Waals surface area contributed by atoms with Crippen LogP contribution < -0.4 is 10.1 Å². The zero-order valence-electron chi connectivity index (χ0n) is 16.5. The normalized spacial score (nSPS) is 12.1. The fourth-order valence-electron chi connectivity index (χ4n) is 3.22. The number of benzene rings is 2. The molecular weight excluding hydrogens is 318 g/mol. The Morgan fingerprint density at radius 3 is 2.35 bits per heavy atom. The van der Waals surface area contributed by atoms with E-state index in [1.807, 2.05) is 0 Å². The van der Waals surface area contributed by atoms with E-state index in [2.05, 4.69) is 73.8 Å². The van der Waals surface area contributed by atoms with Gasteiger partial charge in [-0.1, -0.05) is 87.6 Å². The van der Waals surface area contributed by atoms with Crippen molar-refractivity contribution in [3.05, 3.63) is 65.7 Å². The molecule has 142 valence electrons. The van der Waals surface area contributed by atoms with E-state index < -0.39 is 0 Å². The molecule has 0 fully saturated rings. The van der Waals surface area contributed by atoms with Gasteiger partial charge in [0.15, 0.2) is 0 Å². The Hall–Kier alpha value is -1.80. The first-order valence-electron chi connectivity index (χ1n) is 10.3. The highest BCUT2D eigenvalue weighted by Gasteiger charge is 2.10. The number of unbranched alkanes of at least 4 members (excludes halogenated alkanes) is 5. The Kier molecular flexibility index (Phi) is 9.89. The molecule has 0 amide bonds. The first-order valence-corrected chi connectivity index (χ1v) is 10.3. The van der Waals surface area contributed by atoms with E-state index in [9.17, 15) is 0 Å². The summed E-state index contributed by atoms with van der Waals surface area (Å²) in [5, 5.41) is 3.63. The Morgan fingerprint density at radius 2 is 1.54 bits per heavy atom. The van der Waals surface area contributed by atoms with Gasteiger partial charge in [-0.3, -0.25) is 0 Å². The molecule has 2 rings (SSSR count). The molecule has 1 N–H and O–H groups in total. The highest BCUT2D eigenvalue weighted by Crippen LogP contribution is 2.25. The van der Waals surface area contributed by atoms with Crippen molar-refractivity contribution in [2.45, 2.75) is 64.8 Å². The summed E-state index contributed by atoms with van der Waals surface area (Å²) in [4.78, 5) is 0. The van der Waals surface area contributed by atoms with Gasteiger partial charge in [-0.25, -0.2) is 0 Å². The summed E-state index contributed by atoms with van der Waals surface area (Å²) in [6.45, 7) is 6.27. The van der Waals surface area contributed by atoms with Gasteiger partial charge in [-0.2, -0.15) is 0 Å². The topological polar surface area (TPSA) is 21.3 Å². The van der Waals surface area contributed by atoms with Crippen molar-refractivity contribution in [3.63, 3.8) is 0 Å². The highest BCUT2D eigenvalue weighted by molar-refractivity contribution is 5.35. The first-order chi connectivity index (χ1) is 12.8. The maximum Gasteiger partial charge on any atom is 0.124 e. The Bertz CT molecular complexity index is 596. The fraction of sp³-hybridized carbons (Fsp3) is 0.500. The minimum atomic E-state index is 0.291. The monoisotopic (exact) mass is 353 g/mol. The third-order valence-corrected chi connectivity index (χ3v) is 4.85. The lowest BCUT2D eigenvalue weighted by atomic mass is 10.1. The lowest BCUT2D eigenvalue weighted by molar-refractivity contribution is 0.298. The average molecular weight is 354 g/mol. The molecule has 0 radical (unpaired) electrons. The second kappa shape index (κ2) is 12.5. The number of nitrogens with one attached hydrogen (secondary N) is 1. The number of hydrogen-bond donors (Lipinski definition) is 1. The summed E-state index contributed by atoms with van der Waals surface area (Å²) in [7, 11) is 0. The second-order valence-electron chi connectivity index (χ2n) is 7.07. The number of rotatable bonds is 13. The van der Waals surface area contributed by atoms with Crippen LogP contribution >= 0.6 is 0 Å². The average Bonchev–Trinajstić information content (AvgIpc) is 2.68. The summed E-state index contributed by atoms with van der Waals surface area (Å²) < 4.78 is 6.09. The molecule has 0 aliphatic carbocycles. The summed E-state index contributed by atoms with van der Waals surface area (Å²) >= 11 is 0. The van der Waals surface area contributed by atoms with E-state index in [1.165, 1.54) is 43.2 Å². The minimum Gasteiger partial charge on any atom is -0.493 e. The van der Waals surface area contributed by atoms with Crippen molar-refractivity contribution < 1.29 is 4.74 Å². The van der Waals surface area contributed by atoms with Gasteiger partial charge in [0.1, 0.15) is 5.75 Å². The van der Waals surface area contributed by atoms with Crippen LogP contribution in [0, 0.1) is 0 Å². The molecule has 0 aliphatic heterocycles. The van der Waals surface area contributed by atoms with Gasteiger partial charge in [0.05, 0.1) is 6.61 Å². The second-order valence-corrected chi connectivity index (χ2v) is 7.07. The molecule has 0 aliphatic rings. The van der Waals surface area contributed by atoms with Gasteiger partial charge in [-0.15, -0.1) is 0 Å². The summed E-state index contributed by atoms with van der Waals surface area (Å²) in [5.74, 6) is 1.03. The predicted octanol–water partition coefficient (Wildman–Crippen LogP) is 6.32. The smallest absolute Gasteiger partial charge is 0.124 e. The highest BCUT2D eigenvalue weighted by atomic mass is 16.5. The summed E-state index contributed by atoms with van der Waals surface area (Å²) in [6, 6.07) is 19.4. The van der Waals surface area contributed by atoms with Gasteiger partial charge >= 0.3 is 0 Å². The van der Waals surface area contributed by atoms with Gasteiger partial charge in [0.2, 0.25) is 0 Å². The van der Waals surface area contributed by atoms with Crippen LogP contribution in [-0.4, -0.2) is 13.2 Å².